The first kappa shape index (κ1) is 20.5. The Kier molecular flexibility index (Phi) is 5.53. The minimum atomic E-state index is -0.222. The molecule has 1 atom stereocenters. The van der Waals surface area contributed by atoms with Crippen LogP contribution in [0.5, 0.6) is 0 Å². The Balaban J connectivity index is 1.77. The number of hydrogen-bond acceptors (Lipinski definition) is 2. The third-order valence-electron chi connectivity index (χ3n) is 6.42. The zero-order valence-electron chi connectivity index (χ0n) is 18.7. The summed E-state index contributed by atoms with van der Waals surface area (Å²) in [6, 6.07) is 28.3. The Hall–Kier alpha value is -3.39. The van der Waals surface area contributed by atoms with E-state index in [1.165, 1.54) is 43.1 Å². The van der Waals surface area contributed by atoms with E-state index in [9.17, 15) is 4.79 Å². The standard InChI is InChI=1S/C30H28O2/c1-3-8-28(32-29(31)9-4-2)27-13-7-11-21-15-17-25-24-16-14-20-10-5-6-12-22(20)23(24)18-19-26(25)30(21)27/h5-7,10-19,28H,3-4,8-9H2,1-2H3. The van der Waals surface area contributed by atoms with Crippen LogP contribution >= 0.6 is 0 Å². The molecule has 0 aromatic heterocycles. The van der Waals surface area contributed by atoms with E-state index in [-0.39, 0.29) is 12.1 Å². The highest BCUT2D eigenvalue weighted by Crippen LogP contribution is 2.38. The van der Waals surface area contributed by atoms with Crippen LogP contribution in [-0.4, -0.2) is 5.97 Å². The molecule has 2 nitrogen and oxygen atoms in total. The largest absolute Gasteiger partial charge is 0.457 e. The first-order chi connectivity index (χ1) is 15.7. The van der Waals surface area contributed by atoms with Crippen LogP contribution in [0.1, 0.15) is 51.2 Å². The lowest BCUT2D eigenvalue weighted by Crippen LogP contribution is -2.11. The van der Waals surface area contributed by atoms with E-state index in [0.29, 0.717) is 6.42 Å². The number of fused-ring (bicyclic) bond motifs is 7. The molecule has 0 radical (unpaired) electrons. The van der Waals surface area contributed by atoms with Crippen LogP contribution in [-0.2, 0) is 9.53 Å². The molecule has 32 heavy (non-hydrogen) atoms. The Morgan fingerprint density at radius 1 is 0.688 bits per heavy atom. The normalized spacial score (nSPS) is 12.6. The number of carbonyl (C=O) groups is 1. The number of ether oxygens (including phenoxy) is 1. The van der Waals surface area contributed by atoms with Crippen molar-refractivity contribution < 1.29 is 9.53 Å². The summed E-state index contributed by atoms with van der Waals surface area (Å²) in [6.45, 7) is 4.15. The van der Waals surface area contributed by atoms with Gasteiger partial charge in [-0.15, -0.1) is 0 Å². The van der Waals surface area contributed by atoms with E-state index < -0.39 is 0 Å². The molecule has 5 aromatic rings. The molecule has 0 fully saturated rings. The van der Waals surface area contributed by atoms with Crippen LogP contribution in [0.4, 0.5) is 0 Å². The van der Waals surface area contributed by atoms with Gasteiger partial charge in [-0.1, -0.05) is 99.1 Å². The molecular formula is C30H28O2. The van der Waals surface area contributed by atoms with Gasteiger partial charge in [0, 0.05) is 12.0 Å². The summed E-state index contributed by atoms with van der Waals surface area (Å²) >= 11 is 0. The Bertz CT molecular complexity index is 1450. The van der Waals surface area contributed by atoms with Gasteiger partial charge in [0.25, 0.3) is 0 Å². The maximum atomic E-state index is 12.4. The maximum Gasteiger partial charge on any atom is 0.306 e. The van der Waals surface area contributed by atoms with Crippen molar-refractivity contribution in [2.75, 3.05) is 0 Å². The first-order valence-electron chi connectivity index (χ1n) is 11.7. The summed E-state index contributed by atoms with van der Waals surface area (Å²) in [7, 11) is 0. The molecule has 0 spiro atoms. The molecule has 5 aromatic carbocycles. The first-order valence-corrected chi connectivity index (χ1v) is 11.7. The van der Waals surface area contributed by atoms with Crippen molar-refractivity contribution >= 4 is 49.1 Å². The second kappa shape index (κ2) is 8.63. The molecular weight excluding hydrogens is 392 g/mol. The van der Waals surface area contributed by atoms with Crippen molar-refractivity contribution in [1.29, 1.82) is 0 Å². The predicted octanol–water partition coefficient (Wildman–Crippen LogP) is 8.48. The number of hydrogen-bond donors (Lipinski definition) is 0. The van der Waals surface area contributed by atoms with Gasteiger partial charge in [-0.3, -0.25) is 4.79 Å². The third-order valence-corrected chi connectivity index (χ3v) is 6.42. The fourth-order valence-electron chi connectivity index (χ4n) is 4.95. The lowest BCUT2D eigenvalue weighted by Gasteiger charge is -2.21. The average Bonchev–Trinajstić information content (AvgIpc) is 2.82. The van der Waals surface area contributed by atoms with Gasteiger partial charge in [-0.05, 0) is 55.9 Å². The molecule has 5 rings (SSSR count). The molecule has 1 unspecified atom stereocenters. The van der Waals surface area contributed by atoms with E-state index in [0.717, 1.165) is 24.8 Å². The van der Waals surface area contributed by atoms with E-state index in [4.69, 9.17) is 4.74 Å². The second-order valence-corrected chi connectivity index (χ2v) is 8.57. The van der Waals surface area contributed by atoms with Crippen molar-refractivity contribution in [3.8, 4) is 0 Å². The van der Waals surface area contributed by atoms with Crippen LogP contribution in [0.3, 0.4) is 0 Å². The SMILES string of the molecule is CCCC(=O)OC(CCC)c1cccc2ccc3c4ccc5ccccc5c4ccc3c12. The van der Waals surface area contributed by atoms with Crippen LogP contribution in [0.25, 0.3) is 43.1 Å². The van der Waals surface area contributed by atoms with Crippen molar-refractivity contribution in [1.82, 2.24) is 0 Å². The number of benzene rings is 5. The molecule has 2 heteroatoms. The fourth-order valence-corrected chi connectivity index (χ4v) is 4.95. The fraction of sp³-hybridized carbons (Fsp3) is 0.233. The van der Waals surface area contributed by atoms with Crippen LogP contribution in [0.2, 0.25) is 0 Å². The zero-order chi connectivity index (χ0) is 22.1. The highest BCUT2D eigenvalue weighted by atomic mass is 16.5. The molecule has 0 aliphatic carbocycles. The van der Waals surface area contributed by atoms with Gasteiger partial charge in [0.2, 0.25) is 0 Å². The second-order valence-electron chi connectivity index (χ2n) is 8.57. The molecule has 0 heterocycles. The molecule has 0 aliphatic heterocycles. The smallest absolute Gasteiger partial charge is 0.306 e. The van der Waals surface area contributed by atoms with Crippen molar-refractivity contribution in [3.05, 3.63) is 84.4 Å². The summed E-state index contributed by atoms with van der Waals surface area (Å²) in [5.74, 6) is -0.111. The molecule has 0 N–H and O–H groups in total. The van der Waals surface area contributed by atoms with Crippen LogP contribution < -0.4 is 0 Å². The number of carbonyl (C=O) groups excluding carboxylic acids is 1. The minimum absolute atomic E-state index is 0.111. The van der Waals surface area contributed by atoms with Gasteiger partial charge in [0.15, 0.2) is 0 Å². The summed E-state index contributed by atoms with van der Waals surface area (Å²) in [6.07, 6.45) is 2.82. The molecule has 0 bridgehead atoms. The van der Waals surface area contributed by atoms with Crippen molar-refractivity contribution in [2.24, 2.45) is 0 Å². The minimum Gasteiger partial charge on any atom is -0.457 e. The van der Waals surface area contributed by atoms with Crippen LogP contribution in [0, 0.1) is 0 Å². The van der Waals surface area contributed by atoms with Gasteiger partial charge in [0.05, 0.1) is 0 Å². The molecule has 160 valence electrons. The topological polar surface area (TPSA) is 26.3 Å². The highest BCUT2D eigenvalue weighted by molar-refractivity contribution is 6.22. The predicted molar refractivity (Wildman–Crippen MR) is 135 cm³/mol. The summed E-state index contributed by atoms with van der Waals surface area (Å²) in [4.78, 5) is 12.4. The summed E-state index contributed by atoms with van der Waals surface area (Å²) in [5.41, 5.74) is 1.11. The average molecular weight is 421 g/mol. The van der Waals surface area contributed by atoms with Gasteiger partial charge in [0.1, 0.15) is 6.10 Å². The van der Waals surface area contributed by atoms with Gasteiger partial charge < -0.3 is 4.74 Å². The van der Waals surface area contributed by atoms with Gasteiger partial charge >= 0.3 is 5.97 Å². The van der Waals surface area contributed by atoms with Crippen LogP contribution in [0.15, 0.2) is 78.9 Å². The Labute approximate surface area is 188 Å². The van der Waals surface area contributed by atoms with E-state index in [1.807, 2.05) is 6.92 Å². The number of rotatable bonds is 6. The quantitative estimate of drug-likeness (QED) is 0.203. The van der Waals surface area contributed by atoms with Gasteiger partial charge in [-0.25, -0.2) is 0 Å². The monoisotopic (exact) mass is 420 g/mol. The molecule has 0 aliphatic rings. The highest BCUT2D eigenvalue weighted by Gasteiger charge is 2.20. The van der Waals surface area contributed by atoms with E-state index in [2.05, 4.69) is 85.8 Å². The van der Waals surface area contributed by atoms with Crippen molar-refractivity contribution in [3.63, 3.8) is 0 Å². The maximum absolute atomic E-state index is 12.4. The zero-order valence-corrected chi connectivity index (χ0v) is 18.7. The Morgan fingerprint density at radius 3 is 2.16 bits per heavy atom. The molecule has 0 saturated heterocycles. The lowest BCUT2D eigenvalue weighted by molar-refractivity contribution is -0.149. The Morgan fingerprint density at radius 2 is 1.34 bits per heavy atom. The van der Waals surface area contributed by atoms with E-state index in [1.54, 1.807) is 0 Å². The lowest BCUT2D eigenvalue weighted by atomic mass is 9.90. The van der Waals surface area contributed by atoms with Gasteiger partial charge in [-0.2, -0.15) is 0 Å². The third kappa shape index (κ3) is 3.50. The van der Waals surface area contributed by atoms with Crippen molar-refractivity contribution in [2.45, 2.75) is 45.6 Å². The molecule has 0 saturated carbocycles. The summed E-state index contributed by atoms with van der Waals surface area (Å²) < 4.78 is 5.98. The van der Waals surface area contributed by atoms with E-state index >= 15 is 0 Å². The number of esters is 1. The molecule has 0 amide bonds. The summed E-state index contributed by atoms with van der Waals surface area (Å²) in [5, 5.41) is 9.89.